The number of carbonyl (C=O) groups is 1. The Bertz CT molecular complexity index is 1070. The van der Waals surface area contributed by atoms with Gasteiger partial charge in [0, 0.05) is 43.9 Å². The molecule has 0 atom stereocenters. The van der Waals surface area contributed by atoms with Crippen molar-refractivity contribution in [3.05, 3.63) is 48.2 Å². The van der Waals surface area contributed by atoms with Gasteiger partial charge in [0.05, 0.1) is 18.9 Å². The van der Waals surface area contributed by atoms with Crippen LogP contribution in [0.1, 0.15) is 18.4 Å². The van der Waals surface area contributed by atoms with E-state index in [1.54, 1.807) is 9.58 Å². The highest BCUT2D eigenvalue weighted by atomic mass is 16.5. The maximum Gasteiger partial charge on any atom is 0.236 e. The molecule has 0 radical (unpaired) electrons. The van der Waals surface area contributed by atoms with Gasteiger partial charge in [0.2, 0.25) is 11.9 Å². The van der Waals surface area contributed by atoms with Gasteiger partial charge in [-0.25, -0.2) is 4.68 Å². The zero-order valence-corrected chi connectivity index (χ0v) is 17.0. The molecule has 2 aromatic heterocycles. The van der Waals surface area contributed by atoms with E-state index in [2.05, 4.69) is 24.0 Å². The molecule has 1 amide bonds. The molecule has 2 saturated heterocycles. The van der Waals surface area contributed by atoms with Crippen LogP contribution in [0.15, 0.2) is 42.6 Å². The van der Waals surface area contributed by atoms with Gasteiger partial charge < -0.3 is 9.64 Å². The lowest BCUT2D eigenvalue weighted by Gasteiger charge is -2.28. The van der Waals surface area contributed by atoms with Crippen molar-refractivity contribution in [2.75, 3.05) is 42.6 Å². The van der Waals surface area contributed by atoms with Crippen molar-refractivity contribution in [2.45, 2.75) is 19.8 Å². The van der Waals surface area contributed by atoms with Gasteiger partial charge in [0.25, 0.3) is 0 Å². The summed E-state index contributed by atoms with van der Waals surface area (Å²) in [4.78, 5) is 25.6. The third-order valence-corrected chi connectivity index (χ3v) is 5.47. The van der Waals surface area contributed by atoms with E-state index in [4.69, 9.17) is 19.8 Å². The summed E-state index contributed by atoms with van der Waals surface area (Å²) in [5.41, 5.74) is 3.13. The summed E-state index contributed by atoms with van der Waals surface area (Å²) >= 11 is 0. The SMILES string of the molecule is Cc1cccc(-c2ccn(-c3cc(N4CCOCC4)nc(N4CCCC4=O)n3)n2)c1. The molecule has 2 aliphatic heterocycles. The summed E-state index contributed by atoms with van der Waals surface area (Å²) in [5.74, 6) is 1.97. The van der Waals surface area contributed by atoms with Crippen molar-refractivity contribution in [2.24, 2.45) is 0 Å². The number of rotatable bonds is 4. The molecule has 1 aromatic carbocycles. The van der Waals surface area contributed by atoms with Gasteiger partial charge >= 0.3 is 0 Å². The molecule has 154 valence electrons. The standard InChI is InChI=1S/C22H24N6O2/c1-16-4-2-5-17(14-16)18-7-9-28(25-18)20-15-19(26-10-12-30-13-11-26)23-22(24-20)27-8-3-6-21(27)29/h2,4-5,7,9,14-15H,3,6,8,10-13H2,1H3. The number of anilines is 2. The van der Waals surface area contributed by atoms with E-state index in [0.29, 0.717) is 37.9 Å². The third kappa shape index (κ3) is 3.66. The highest BCUT2D eigenvalue weighted by Gasteiger charge is 2.26. The van der Waals surface area contributed by atoms with Gasteiger partial charge in [0.15, 0.2) is 5.82 Å². The fourth-order valence-corrected chi connectivity index (χ4v) is 3.87. The highest BCUT2D eigenvalue weighted by molar-refractivity contribution is 5.93. The summed E-state index contributed by atoms with van der Waals surface area (Å²) in [6.07, 6.45) is 3.27. The molecule has 0 aliphatic carbocycles. The lowest BCUT2D eigenvalue weighted by atomic mass is 10.1. The van der Waals surface area contributed by atoms with Crippen LogP contribution in [-0.2, 0) is 9.53 Å². The van der Waals surface area contributed by atoms with E-state index in [9.17, 15) is 4.79 Å². The van der Waals surface area contributed by atoms with E-state index < -0.39 is 0 Å². The predicted octanol–water partition coefficient (Wildman–Crippen LogP) is 2.60. The number of aromatic nitrogens is 4. The smallest absolute Gasteiger partial charge is 0.236 e. The fourth-order valence-electron chi connectivity index (χ4n) is 3.87. The first kappa shape index (κ1) is 18.7. The molecule has 0 unspecified atom stereocenters. The first-order chi connectivity index (χ1) is 14.7. The molecule has 4 heterocycles. The first-order valence-electron chi connectivity index (χ1n) is 10.3. The second-order valence-corrected chi connectivity index (χ2v) is 7.65. The van der Waals surface area contributed by atoms with Gasteiger partial charge in [-0.15, -0.1) is 0 Å². The number of benzene rings is 1. The van der Waals surface area contributed by atoms with Crippen LogP contribution >= 0.6 is 0 Å². The molecule has 30 heavy (non-hydrogen) atoms. The lowest BCUT2D eigenvalue weighted by molar-refractivity contribution is -0.117. The van der Waals surface area contributed by atoms with E-state index in [1.165, 1.54) is 5.56 Å². The largest absolute Gasteiger partial charge is 0.378 e. The van der Waals surface area contributed by atoms with E-state index in [0.717, 1.165) is 36.6 Å². The Morgan fingerprint density at radius 1 is 1.00 bits per heavy atom. The van der Waals surface area contributed by atoms with Crippen molar-refractivity contribution in [3.63, 3.8) is 0 Å². The molecule has 3 aromatic rings. The third-order valence-electron chi connectivity index (χ3n) is 5.47. The molecule has 2 fully saturated rings. The predicted molar refractivity (Wildman–Crippen MR) is 114 cm³/mol. The van der Waals surface area contributed by atoms with Gasteiger partial charge in [0.1, 0.15) is 5.82 Å². The zero-order chi connectivity index (χ0) is 20.5. The summed E-state index contributed by atoms with van der Waals surface area (Å²) in [6, 6.07) is 12.2. The van der Waals surface area contributed by atoms with E-state index in [1.807, 2.05) is 30.5 Å². The average molecular weight is 404 g/mol. The molecule has 5 rings (SSSR count). The quantitative estimate of drug-likeness (QED) is 0.665. The number of hydrogen-bond donors (Lipinski definition) is 0. The summed E-state index contributed by atoms with van der Waals surface area (Å²) in [5, 5.41) is 4.74. The Kier molecular flexibility index (Phi) is 4.92. The minimum Gasteiger partial charge on any atom is -0.378 e. The highest BCUT2D eigenvalue weighted by Crippen LogP contribution is 2.25. The van der Waals surface area contributed by atoms with Crippen molar-refractivity contribution >= 4 is 17.7 Å². The molecule has 0 N–H and O–H groups in total. The van der Waals surface area contributed by atoms with Crippen molar-refractivity contribution < 1.29 is 9.53 Å². The van der Waals surface area contributed by atoms with Gasteiger partial charge in [-0.1, -0.05) is 23.8 Å². The van der Waals surface area contributed by atoms with Gasteiger partial charge in [-0.3, -0.25) is 9.69 Å². The second kappa shape index (κ2) is 7.87. The molecular weight excluding hydrogens is 380 g/mol. The zero-order valence-electron chi connectivity index (χ0n) is 17.0. The number of nitrogens with zero attached hydrogens (tertiary/aromatic N) is 6. The van der Waals surface area contributed by atoms with Crippen LogP contribution in [0.4, 0.5) is 11.8 Å². The minimum atomic E-state index is 0.0704. The maximum absolute atomic E-state index is 12.3. The Morgan fingerprint density at radius 3 is 2.60 bits per heavy atom. The van der Waals surface area contributed by atoms with Crippen molar-refractivity contribution in [1.82, 2.24) is 19.7 Å². The summed E-state index contributed by atoms with van der Waals surface area (Å²) in [7, 11) is 0. The molecule has 0 spiro atoms. The summed E-state index contributed by atoms with van der Waals surface area (Å²) < 4.78 is 7.24. The molecule has 8 heteroatoms. The topological polar surface area (TPSA) is 76.4 Å². The lowest BCUT2D eigenvalue weighted by Crippen LogP contribution is -2.37. The van der Waals surface area contributed by atoms with Crippen molar-refractivity contribution in [1.29, 1.82) is 0 Å². The van der Waals surface area contributed by atoms with Crippen molar-refractivity contribution in [3.8, 4) is 17.1 Å². The van der Waals surface area contributed by atoms with E-state index >= 15 is 0 Å². The number of aryl methyl sites for hydroxylation is 1. The molecular formula is C22H24N6O2. The molecule has 0 saturated carbocycles. The Labute approximate surface area is 175 Å². The van der Waals surface area contributed by atoms with Crippen LogP contribution in [0, 0.1) is 6.92 Å². The van der Waals surface area contributed by atoms with Crippen LogP contribution in [-0.4, -0.2) is 58.5 Å². The second-order valence-electron chi connectivity index (χ2n) is 7.65. The Balaban J connectivity index is 1.54. The molecule has 2 aliphatic rings. The number of morpholine rings is 1. The van der Waals surface area contributed by atoms with Crippen LogP contribution in [0.2, 0.25) is 0 Å². The fraction of sp³-hybridized carbons (Fsp3) is 0.364. The van der Waals surface area contributed by atoms with Crippen LogP contribution in [0.3, 0.4) is 0 Å². The Morgan fingerprint density at radius 2 is 1.83 bits per heavy atom. The molecule has 8 nitrogen and oxygen atoms in total. The first-order valence-corrected chi connectivity index (χ1v) is 10.3. The van der Waals surface area contributed by atoms with Crippen LogP contribution < -0.4 is 9.80 Å². The number of carbonyl (C=O) groups excluding carboxylic acids is 1. The number of ether oxygens (including phenoxy) is 1. The van der Waals surface area contributed by atoms with Gasteiger partial charge in [-0.2, -0.15) is 15.1 Å². The number of hydrogen-bond acceptors (Lipinski definition) is 6. The normalized spacial score (nSPS) is 17.0. The number of amides is 1. The van der Waals surface area contributed by atoms with E-state index in [-0.39, 0.29) is 5.91 Å². The monoisotopic (exact) mass is 404 g/mol. The van der Waals surface area contributed by atoms with Crippen LogP contribution in [0.5, 0.6) is 0 Å². The van der Waals surface area contributed by atoms with Crippen LogP contribution in [0.25, 0.3) is 17.1 Å². The minimum absolute atomic E-state index is 0.0704. The summed E-state index contributed by atoms with van der Waals surface area (Å²) in [6.45, 7) is 5.57. The molecule has 0 bridgehead atoms. The maximum atomic E-state index is 12.3. The Hall–Kier alpha value is -3.26. The van der Waals surface area contributed by atoms with Gasteiger partial charge in [-0.05, 0) is 25.5 Å². The average Bonchev–Trinajstić information content (AvgIpc) is 3.43.